The van der Waals surface area contributed by atoms with Gasteiger partial charge in [-0.3, -0.25) is 76.6 Å². The van der Waals surface area contributed by atoms with E-state index in [1.165, 1.54) is 65.6 Å². The lowest BCUT2D eigenvalue weighted by atomic mass is 10.0. The van der Waals surface area contributed by atoms with Gasteiger partial charge in [-0.25, -0.2) is 14.4 Å². The van der Waals surface area contributed by atoms with Crippen LogP contribution in [0, 0.1) is 0 Å². The number of hydrogen-bond acceptors (Lipinski definition) is 26. The highest BCUT2D eigenvalue weighted by Gasteiger charge is 2.43. The van der Waals surface area contributed by atoms with Crippen molar-refractivity contribution >= 4 is 143 Å². The van der Waals surface area contributed by atoms with Gasteiger partial charge in [0.25, 0.3) is 0 Å². The van der Waals surface area contributed by atoms with Crippen LogP contribution in [0.2, 0.25) is 0 Å². The number of nitrogens with one attached hydrogen (secondary N) is 14. The van der Waals surface area contributed by atoms with Gasteiger partial charge in [0, 0.05) is 100 Å². The minimum Gasteiger partial charge on any atom is -0.508 e. The largest absolute Gasteiger partial charge is 0.508 e. The van der Waals surface area contributed by atoms with E-state index in [2.05, 4.69) is 110 Å². The molecule has 0 unspecified atom stereocenters. The molecule has 4 heterocycles. The number of hydrogen-bond donors (Lipinski definition) is 25. The Hall–Kier alpha value is -13.4. The minimum atomic E-state index is -2.10. The first-order valence-corrected chi connectivity index (χ1v) is 41.4. The molecule has 7 rings (SSSR count). The Morgan fingerprint density at radius 2 is 1.17 bits per heavy atom. The third-order valence-corrected chi connectivity index (χ3v) is 21.3. The summed E-state index contributed by atoms with van der Waals surface area (Å²) in [6, 6.07) is -7.27. The molecule has 0 saturated carbocycles. The number of carbonyl (C=O) groups excluding carboxylic acids is 16. The first kappa shape index (κ1) is 99.7. The molecule has 1 fully saturated rings. The Labute approximate surface area is 731 Å². The number of aliphatic hydroxyl groups is 1. The van der Waals surface area contributed by atoms with Crippen molar-refractivity contribution in [3.63, 3.8) is 0 Å². The maximum absolute atomic E-state index is 15.4. The number of aliphatic carboxylic acids is 2. The summed E-state index contributed by atoms with van der Waals surface area (Å²) in [6.45, 7) is -0.476. The molecule has 48 heteroatoms. The van der Waals surface area contributed by atoms with Crippen molar-refractivity contribution in [2.45, 2.75) is 194 Å². The number of rotatable bonds is 31. The number of amides is 18. The van der Waals surface area contributed by atoms with E-state index in [1.807, 2.05) is 0 Å². The smallest absolute Gasteiger partial charge is 0.326 e. The number of nitrogens with zero attached hydrogens (tertiary/aromatic N) is 5. The summed E-state index contributed by atoms with van der Waals surface area (Å²) in [7, 11) is 1.16. The molecule has 0 spiro atoms. The number of phenols is 2. The SMILES string of the molecule is C[C@H](O)[C@H]1NC(=O)[C@H](NC(=O)[C@@H](CS)NC(=O)CN)Cc2cn(nn2)CCC[C@@H](C(=O)N[C@@H](Cc2ccc(O)cc2)C(=O)N(C)[C@@H](Cc2ccc(O)cc2)C(=O)O)NC(=O)[C@H](CCC(N)=O)NC(=O)[C@@H](Cc2c[nH]c3ccccc23)NC(=O)[C@H](CCCNC(N)=O)NC(=O)[C@@H](CS)NC(=O)[C@H](CCCNC(N)=O)NC(=O)[C@H]2CCCN2C(=O)[C@H](CC(=O)O)NC1=O. The van der Waals surface area contributed by atoms with Gasteiger partial charge in [0.2, 0.25) is 82.7 Å². The monoisotopic (exact) mass is 1800 g/mol. The average Bonchev–Trinajstić information content (AvgIpc) is 1.61. The number of H-pyrrole nitrogens is 1. The van der Waals surface area contributed by atoms with Crippen molar-refractivity contribution in [2.24, 2.45) is 22.9 Å². The number of thiol groups is 2. The van der Waals surface area contributed by atoms with Gasteiger partial charge in [-0.15, -0.1) is 5.10 Å². The van der Waals surface area contributed by atoms with Crippen LogP contribution in [0.1, 0.15) is 99.9 Å². The number of nitrogens with two attached hydrogens (primary N) is 4. The summed E-state index contributed by atoms with van der Waals surface area (Å²) in [5.41, 5.74) is 23.4. The van der Waals surface area contributed by atoms with Gasteiger partial charge in [0.05, 0.1) is 24.8 Å². The average molecular weight is 1800 g/mol. The fraction of sp³-hybridized carbons (Fsp3) is 0.487. The van der Waals surface area contributed by atoms with Crippen molar-refractivity contribution < 1.29 is 112 Å². The van der Waals surface area contributed by atoms with Crippen LogP contribution in [0.5, 0.6) is 11.5 Å². The van der Waals surface area contributed by atoms with E-state index in [0.717, 1.165) is 23.8 Å². The number of aliphatic hydroxyl groups excluding tert-OH is 1. The Bertz CT molecular complexity index is 4730. The number of fused-ring (bicyclic) bond motifs is 4. The van der Waals surface area contributed by atoms with E-state index in [1.54, 1.807) is 24.3 Å². The second-order valence-corrected chi connectivity index (χ2v) is 30.8. The van der Waals surface area contributed by atoms with Crippen LogP contribution in [0.3, 0.4) is 0 Å². The lowest BCUT2D eigenvalue weighted by Crippen LogP contribution is -2.62. The molecular weight excluding hydrogens is 1690 g/mol. The molecule has 684 valence electrons. The van der Waals surface area contributed by atoms with Crippen molar-refractivity contribution in [1.82, 2.24) is 98.9 Å². The number of aromatic hydroxyl groups is 2. The molecule has 126 heavy (non-hydrogen) atoms. The second kappa shape index (κ2) is 48.6. The molecule has 46 nitrogen and oxygen atoms in total. The van der Waals surface area contributed by atoms with Gasteiger partial charge in [0.1, 0.15) is 90.0 Å². The highest BCUT2D eigenvalue weighted by molar-refractivity contribution is 7.80. The lowest BCUT2D eigenvalue weighted by Gasteiger charge is -2.31. The molecule has 1 saturated heterocycles. The Morgan fingerprint density at radius 1 is 0.627 bits per heavy atom. The zero-order chi connectivity index (χ0) is 92.6. The van der Waals surface area contributed by atoms with Gasteiger partial charge >= 0.3 is 24.0 Å². The van der Waals surface area contributed by atoms with Crippen LogP contribution < -0.4 is 92.1 Å². The number of benzene rings is 3. The number of urea groups is 2. The van der Waals surface area contributed by atoms with Crippen molar-refractivity contribution in [1.29, 1.82) is 0 Å². The second-order valence-electron chi connectivity index (χ2n) is 30.1. The molecule has 18 amide bonds. The topological polar surface area (TPSA) is 722 Å². The van der Waals surface area contributed by atoms with Crippen LogP contribution >= 0.6 is 25.3 Å². The van der Waals surface area contributed by atoms with Gasteiger partial charge in [-0.05, 0) is 112 Å². The fourth-order valence-corrected chi connectivity index (χ4v) is 14.4. The van der Waals surface area contributed by atoms with Crippen molar-refractivity contribution in [3.05, 3.63) is 108 Å². The number of likely N-dealkylation sites (N-methyl/N-ethyl adjacent to an activating group) is 1. The van der Waals surface area contributed by atoms with E-state index >= 15 is 19.2 Å². The number of phenolic OH excluding ortho intramolecular Hbond substituents is 2. The van der Waals surface area contributed by atoms with Crippen molar-refractivity contribution in [2.75, 3.05) is 44.7 Å². The molecule has 2 bridgehead atoms. The maximum atomic E-state index is 15.4. The van der Waals surface area contributed by atoms with Crippen LogP contribution in [0.25, 0.3) is 10.9 Å². The highest BCUT2D eigenvalue weighted by atomic mass is 32.1. The Kier molecular flexibility index (Phi) is 38.5. The van der Waals surface area contributed by atoms with Crippen LogP contribution in [0.4, 0.5) is 9.59 Å². The molecule has 2 aliphatic rings. The summed E-state index contributed by atoms with van der Waals surface area (Å²) in [6.07, 6.45) is -4.96. The van der Waals surface area contributed by atoms with Crippen LogP contribution in [-0.2, 0) is 109 Å². The summed E-state index contributed by atoms with van der Waals surface area (Å²) >= 11 is 8.51. The summed E-state index contributed by atoms with van der Waals surface area (Å²) < 4.78 is 1.17. The minimum absolute atomic E-state index is 0.0749. The normalized spacial score (nSPS) is 21.6. The lowest BCUT2D eigenvalue weighted by molar-refractivity contribution is -0.150. The fourth-order valence-electron chi connectivity index (χ4n) is 13.9. The standard InChI is InChI=1S/C78H107N23O23S2/c1-39(102)63-73(118)94-55(33-62(107)108)75(120)101-28-8-14-58(101)72(117)90-49(12-6-26-84-78(82)124)66(111)95-57(38-126)71(116)88-48(11-5-25-83-77(81)123)64(109)91-52(31-42-35-85-47-10-4-3-9-46(42)47)68(113)89-51(23-24-60(80)105)67(112)87-50(13-7-27-100-36-43(97-98-100)32-53(69(114)96-63)92-70(115)56(37-125)86-61(106)34-79)65(110)93-54(29-40-15-19-44(103)20-16-40)74(119)99(2)59(76(121)122)30-41-17-21-45(104)22-18-41/h3-4,9-10,15-22,35-36,39,48-59,63,85,102-104,125-126H,5-8,11-14,23-34,37-38,79H2,1-2H3,(H2,80,105)(H,86,106)(H,87,112)(H,88,116)(H,89,113)(H,90,117)(H,91,109)(H,92,115)(H,93,110)(H,94,118)(H,95,111)(H,96,114)(H,107,108)(H,121,122)(H3,81,83,123)(H3,82,84,124)/t39-,48-,49-,50-,51-,52+,53+,54-,55-,56+,57+,58+,59-,63+/m0/s1. The van der Waals surface area contributed by atoms with Gasteiger partial charge < -0.3 is 132 Å². The molecule has 0 aliphatic carbocycles. The quantitative estimate of drug-likeness (QED) is 0.0145. The molecule has 2 aromatic heterocycles. The number of carboxylic acids is 2. The van der Waals surface area contributed by atoms with Gasteiger partial charge in [-0.2, -0.15) is 25.3 Å². The third kappa shape index (κ3) is 30.5. The van der Waals surface area contributed by atoms with Gasteiger partial charge in [-0.1, -0.05) is 47.7 Å². The third-order valence-electron chi connectivity index (χ3n) is 20.6. The van der Waals surface area contributed by atoms with E-state index < -0.39 is 249 Å². The number of aromatic nitrogens is 4. The van der Waals surface area contributed by atoms with E-state index in [9.17, 15) is 92.7 Å². The Morgan fingerprint density at radius 3 is 1.75 bits per heavy atom. The predicted octanol–water partition coefficient (Wildman–Crippen LogP) is -6.69. The number of aromatic amines is 1. The van der Waals surface area contributed by atoms with Gasteiger partial charge in [0.15, 0.2) is 0 Å². The number of primary amides is 3. The molecule has 0 radical (unpaired) electrons. The first-order chi connectivity index (χ1) is 59.9. The van der Waals surface area contributed by atoms with E-state index in [4.69, 9.17) is 22.9 Å². The molecule has 14 atom stereocenters. The summed E-state index contributed by atoms with van der Waals surface area (Å²) in [5.74, 6) is -20.0. The Balaban J connectivity index is 1.36. The van der Waals surface area contributed by atoms with E-state index in [0.29, 0.717) is 27.6 Å². The highest BCUT2D eigenvalue weighted by Crippen LogP contribution is 2.24. The predicted molar refractivity (Wildman–Crippen MR) is 452 cm³/mol. The molecule has 5 aromatic rings. The van der Waals surface area contributed by atoms with Crippen LogP contribution in [0.15, 0.2) is 85.2 Å². The molecule has 2 aliphatic heterocycles. The maximum Gasteiger partial charge on any atom is 0.326 e. The van der Waals surface area contributed by atoms with Crippen LogP contribution in [-0.4, -0.2) is 291 Å². The molecular formula is C78H107N23O23S2. The molecule has 3 aromatic carbocycles. The number of carboxylic acid groups (broad SMARTS) is 2. The zero-order valence-electron chi connectivity index (χ0n) is 68.7. The zero-order valence-corrected chi connectivity index (χ0v) is 70.5. The number of carbonyl (C=O) groups is 18. The van der Waals surface area contributed by atoms with E-state index in [-0.39, 0.29) is 100 Å². The summed E-state index contributed by atoms with van der Waals surface area (Å²) in [5, 5.41) is 93.2. The number of aryl methyl sites for hydroxylation is 1. The first-order valence-electron chi connectivity index (χ1n) is 40.2. The summed E-state index contributed by atoms with van der Waals surface area (Å²) in [4.78, 5) is 258. The van der Waals surface area contributed by atoms with Crippen molar-refractivity contribution in [3.8, 4) is 11.5 Å². The molecule has 27 N–H and O–H groups in total. The number of para-hydroxylation sites is 1.